The second-order valence-electron chi connectivity index (χ2n) is 17.2. The van der Waals surface area contributed by atoms with E-state index in [4.69, 9.17) is 9.97 Å². The number of benzene rings is 9. The van der Waals surface area contributed by atoms with Crippen molar-refractivity contribution in [2.45, 2.75) is 20.8 Å². The van der Waals surface area contributed by atoms with E-state index in [0.29, 0.717) is 5.82 Å². The van der Waals surface area contributed by atoms with Gasteiger partial charge in [0, 0.05) is 49.4 Å². The van der Waals surface area contributed by atoms with E-state index in [1.54, 1.807) is 0 Å². The van der Waals surface area contributed by atoms with Crippen LogP contribution in [0.15, 0.2) is 212 Å². The zero-order valence-electron chi connectivity index (χ0n) is 36.5. The van der Waals surface area contributed by atoms with E-state index in [1.165, 1.54) is 49.4 Å². The molecule has 0 bridgehead atoms. The molecule has 3 aromatic heterocycles. The summed E-state index contributed by atoms with van der Waals surface area (Å²) in [6.07, 6.45) is 0. The number of para-hydroxylation sites is 4. The second-order valence-corrected chi connectivity index (χ2v) is 17.2. The van der Waals surface area contributed by atoms with Gasteiger partial charge in [0.15, 0.2) is 5.82 Å². The maximum Gasteiger partial charge on any atom is 0.160 e. The Hall–Kier alpha value is -8.34. The van der Waals surface area contributed by atoms with Crippen LogP contribution in [0.4, 0.5) is 0 Å². The molecule has 0 N–H and O–H groups in total. The van der Waals surface area contributed by atoms with Crippen LogP contribution in [-0.4, -0.2) is 19.1 Å². The van der Waals surface area contributed by atoms with Gasteiger partial charge in [0.1, 0.15) is 0 Å². The van der Waals surface area contributed by atoms with Gasteiger partial charge in [-0.05, 0) is 104 Å². The highest BCUT2D eigenvalue weighted by Crippen LogP contribution is 2.43. The fourth-order valence-electron chi connectivity index (χ4n) is 10.3. The standard InChI is InChI=1S/C61H44N4/c1-39-34-40(2)60(41(3)35-39)44-30-32-58-50(36-44)48-24-12-17-29-57(48)65(58)59-33-31-45(61-62-52(42-18-6-4-7-19-42)38-53(63-61)43-20-8-5-9-21-43)37-51(59)49-25-13-16-28-56(49)64-54-26-14-10-22-46(54)47-23-11-15-27-55(47)64/h4-38H,1-3H3. The van der Waals surface area contributed by atoms with Crippen LogP contribution < -0.4 is 0 Å². The first kappa shape index (κ1) is 38.3. The first-order valence-corrected chi connectivity index (χ1v) is 22.3. The van der Waals surface area contributed by atoms with Crippen molar-refractivity contribution in [2.75, 3.05) is 0 Å². The predicted octanol–water partition coefficient (Wildman–Crippen LogP) is 15.9. The molecular formula is C61H44N4. The molecule has 0 spiro atoms. The molecule has 4 nitrogen and oxygen atoms in total. The van der Waals surface area contributed by atoms with Crippen molar-refractivity contribution in [3.05, 3.63) is 229 Å². The molecule has 0 amide bonds. The average molecular weight is 833 g/mol. The van der Waals surface area contributed by atoms with E-state index in [2.05, 4.69) is 230 Å². The number of aryl methyl sites for hydroxylation is 3. The van der Waals surface area contributed by atoms with Gasteiger partial charge in [-0.2, -0.15) is 0 Å². The van der Waals surface area contributed by atoms with Gasteiger partial charge in [-0.25, -0.2) is 9.97 Å². The van der Waals surface area contributed by atoms with Gasteiger partial charge < -0.3 is 9.13 Å². The summed E-state index contributed by atoms with van der Waals surface area (Å²) >= 11 is 0. The Morgan fingerprint density at radius 3 is 1.37 bits per heavy atom. The average Bonchev–Trinajstić information content (AvgIpc) is 3.86. The molecule has 12 aromatic rings. The lowest BCUT2D eigenvalue weighted by molar-refractivity contribution is 1.15. The Bertz CT molecular complexity index is 3670. The molecule has 12 rings (SSSR count). The SMILES string of the molecule is Cc1cc(C)c(-c2ccc3c(c2)c2ccccc2n3-c2ccc(-c3nc(-c4ccccc4)cc(-c4ccccc4)n3)cc2-c2ccccc2-n2c3ccccc3c3ccccc32)c(C)c1. The molecule has 65 heavy (non-hydrogen) atoms. The molecule has 308 valence electrons. The number of hydrogen-bond acceptors (Lipinski definition) is 2. The van der Waals surface area contributed by atoms with E-state index in [1.807, 2.05) is 12.1 Å². The van der Waals surface area contributed by atoms with Crippen molar-refractivity contribution >= 4 is 43.6 Å². The highest BCUT2D eigenvalue weighted by Gasteiger charge is 2.22. The maximum absolute atomic E-state index is 5.32. The zero-order chi connectivity index (χ0) is 43.6. The second kappa shape index (κ2) is 15.5. The first-order chi connectivity index (χ1) is 32.0. The molecule has 4 heteroatoms. The minimum atomic E-state index is 0.669. The topological polar surface area (TPSA) is 35.6 Å². The van der Waals surface area contributed by atoms with Crippen LogP contribution in [0.5, 0.6) is 0 Å². The molecule has 0 aliphatic rings. The van der Waals surface area contributed by atoms with Crippen LogP contribution in [0.25, 0.3) is 111 Å². The number of hydrogen-bond donors (Lipinski definition) is 0. The number of rotatable bonds is 7. The normalized spacial score (nSPS) is 11.6. The summed E-state index contributed by atoms with van der Waals surface area (Å²) in [6.45, 7) is 6.64. The van der Waals surface area contributed by atoms with E-state index >= 15 is 0 Å². The summed E-state index contributed by atoms with van der Waals surface area (Å²) < 4.78 is 4.89. The molecule has 0 saturated carbocycles. The van der Waals surface area contributed by atoms with Crippen molar-refractivity contribution in [3.8, 4) is 67.5 Å². The van der Waals surface area contributed by atoms with Gasteiger partial charge in [0.05, 0.1) is 44.8 Å². The molecule has 0 saturated heterocycles. The van der Waals surface area contributed by atoms with Crippen LogP contribution >= 0.6 is 0 Å². The summed E-state index contributed by atoms with van der Waals surface area (Å²) in [5.74, 6) is 0.669. The van der Waals surface area contributed by atoms with Crippen molar-refractivity contribution < 1.29 is 0 Å². The summed E-state index contributed by atoms with van der Waals surface area (Å²) in [5.41, 5.74) is 20.1. The third-order valence-corrected chi connectivity index (χ3v) is 13.0. The minimum Gasteiger partial charge on any atom is -0.309 e. The Morgan fingerprint density at radius 2 is 0.785 bits per heavy atom. The molecule has 0 atom stereocenters. The monoisotopic (exact) mass is 832 g/mol. The van der Waals surface area contributed by atoms with E-state index in [0.717, 1.165) is 72.6 Å². The van der Waals surface area contributed by atoms with E-state index < -0.39 is 0 Å². The first-order valence-electron chi connectivity index (χ1n) is 22.3. The lowest BCUT2D eigenvalue weighted by Gasteiger charge is -2.20. The Kier molecular flexibility index (Phi) is 9.13. The molecule has 0 fully saturated rings. The molecule has 0 aliphatic heterocycles. The highest BCUT2D eigenvalue weighted by atomic mass is 15.0. The summed E-state index contributed by atoms with van der Waals surface area (Å²) in [6, 6.07) is 76.5. The predicted molar refractivity (Wildman–Crippen MR) is 272 cm³/mol. The van der Waals surface area contributed by atoms with Crippen molar-refractivity contribution in [1.29, 1.82) is 0 Å². The van der Waals surface area contributed by atoms with Crippen LogP contribution in [-0.2, 0) is 0 Å². The molecule has 0 aliphatic carbocycles. The Balaban J connectivity index is 1.15. The maximum atomic E-state index is 5.32. The van der Waals surface area contributed by atoms with Gasteiger partial charge in [0.25, 0.3) is 0 Å². The highest BCUT2D eigenvalue weighted by molar-refractivity contribution is 6.12. The molecule has 9 aromatic carbocycles. The summed E-state index contributed by atoms with van der Waals surface area (Å²) in [7, 11) is 0. The largest absolute Gasteiger partial charge is 0.309 e. The van der Waals surface area contributed by atoms with Gasteiger partial charge in [0.2, 0.25) is 0 Å². The van der Waals surface area contributed by atoms with Crippen LogP contribution in [0.2, 0.25) is 0 Å². The quantitative estimate of drug-likeness (QED) is 0.160. The Morgan fingerprint density at radius 1 is 0.323 bits per heavy atom. The number of nitrogens with zero attached hydrogens (tertiary/aromatic N) is 4. The van der Waals surface area contributed by atoms with Gasteiger partial charge >= 0.3 is 0 Å². The van der Waals surface area contributed by atoms with Crippen LogP contribution in [0, 0.1) is 20.8 Å². The van der Waals surface area contributed by atoms with Crippen LogP contribution in [0.3, 0.4) is 0 Å². The summed E-state index contributed by atoms with van der Waals surface area (Å²) in [4.78, 5) is 10.6. The van der Waals surface area contributed by atoms with E-state index in [9.17, 15) is 0 Å². The third kappa shape index (κ3) is 6.45. The number of aromatic nitrogens is 4. The lowest BCUT2D eigenvalue weighted by atomic mass is 9.93. The fourth-order valence-corrected chi connectivity index (χ4v) is 10.3. The zero-order valence-corrected chi connectivity index (χ0v) is 36.5. The van der Waals surface area contributed by atoms with Gasteiger partial charge in [-0.1, -0.05) is 157 Å². The van der Waals surface area contributed by atoms with Crippen molar-refractivity contribution in [2.24, 2.45) is 0 Å². The van der Waals surface area contributed by atoms with Gasteiger partial charge in [-0.15, -0.1) is 0 Å². The molecule has 3 heterocycles. The number of fused-ring (bicyclic) bond motifs is 6. The van der Waals surface area contributed by atoms with Gasteiger partial charge in [-0.3, -0.25) is 0 Å². The summed E-state index contributed by atoms with van der Waals surface area (Å²) in [5, 5.41) is 4.88. The van der Waals surface area contributed by atoms with Crippen molar-refractivity contribution in [3.63, 3.8) is 0 Å². The molecular weight excluding hydrogens is 789 g/mol. The Labute approximate surface area is 378 Å². The third-order valence-electron chi connectivity index (χ3n) is 13.0. The molecule has 0 radical (unpaired) electrons. The smallest absolute Gasteiger partial charge is 0.160 e. The van der Waals surface area contributed by atoms with Crippen molar-refractivity contribution in [1.82, 2.24) is 19.1 Å². The fraction of sp³-hybridized carbons (Fsp3) is 0.0492. The van der Waals surface area contributed by atoms with Crippen LogP contribution in [0.1, 0.15) is 16.7 Å². The molecule has 0 unspecified atom stereocenters. The lowest BCUT2D eigenvalue weighted by Crippen LogP contribution is -2.03. The minimum absolute atomic E-state index is 0.669. The van der Waals surface area contributed by atoms with E-state index in [-0.39, 0.29) is 0 Å².